The number of H-pyrrole nitrogens is 2. The molecule has 0 spiro atoms. The van der Waals surface area contributed by atoms with Crippen LogP contribution in [0.15, 0.2) is 104 Å². The van der Waals surface area contributed by atoms with Gasteiger partial charge in [0, 0.05) is 35.9 Å². The summed E-state index contributed by atoms with van der Waals surface area (Å²) in [6.07, 6.45) is 7.14. The zero-order valence-electron chi connectivity index (χ0n) is 19.1. The van der Waals surface area contributed by atoms with E-state index in [-0.39, 0.29) is 0 Å². The molecule has 0 aliphatic heterocycles. The molecule has 0 aliphatic rings. The second kappa shape index (κ2) is 8.25. The predicted octanol–water partition coefficient (Wildman–Crippen LogP) is 6.29. The maximum atomic E-state index is 4.77. The quantitative estimate of drug-likeness (QED) is 0.318. The maximum absolute atomic E-state index is 4.77. The van der Waals surface area contributed by atoms with Crippen LogP contribution in [-0.2, 0) is 0 Å². The van der Waals surface area contributed by atoms with Gasteiger partial charge in [0.1, 0.15) is 11.6 Å². The third kappa shape index (κ3) is 3.59. The smallest absolute Gasteiger partial charge is 0.140 e. The van der Waals surface area contributed by atoms with Gasteiger partial charge in [0.15, 0.2) is 0 Å². The van der Waals surface area contributed by atoms with Crippen molar-refractivity contribution in [3.05, 3.63) is 104 Å². The number of pyridine rings is 3. The molecule has 0 bridgehead atoms. The topological polar surface area (TPSA) is 96.0 Å². The first kappa shape index (κ1) is 20.2. The van der Waals surface area contributed by atoms with Crippen molar-refractivity contribution in [3.8, 4) is 45.3 Å². The summed E-state index contributed by atoms with van der Waals surface area (Å²) in [4.78, 5) is 29.4. The van der Waals surface area contributed by atoms with Crippen molar-refractivity contribution in [3.63, 3.8) is 0 Å². The van der Waals surface area contributed by atoms with Gasteiger partial charge in [0.05, 0.1) is 33.5 Å². The molecule has 5 heterocycles. The molecule has 7 heteroatoms. The second-order valence-electron chi connectivity index (χ2n) is 8.52. The van der Waals surface area contributed by atoms with Gasteiger partial charge in [-0.3, -0.25) is 15.0 Å². The van der Waals surface area contributed by atoms with E-state index < -0.39 is 0 Å². The Morgan fingerprint density at radius 1 is 0.500 bits per heavy atom. The van der Waals surface area contributed by atoms with Crippen LogP contribution >= 0.6 is 0 Å². The second-order valence-corrected chi connectivity index (χ2v) is 8.52. The number of aromatic amines is 2. The van der Waals surface area contributed by atoms with Crippen LogP contribution < -0.4 is 0 Å². The van der Waals surface area contributed by atoms with Crippen LogP contribution in [0, 0.1) is 0 Å². The average molecular weight is 466 g/mol. The van der Waals surface area contributed by atoms with Crippen LogP contribution in [0.25, 0.3) is 67.4 Å². The molecule has 36 heavy (non-hydrogen) atoms. The van der Waals surface area contributed by atoms with E-state index in [1.165, 1.54) is 0 Å². The van der Waals surface area contributed by atoms with Gasteiger partial charge in [-0.1, -0.05) is 18.2 Å². The molecule has 0 unspecified atom stereocenters. The lowest BCUT2D eigenvalue weighted by Crippen LogP contribution is -1.88. The van der Waals surface area contributed by atoms with Gasteiger partial charge in [0.2, 0.25) is 0 Å². The number of nitrogens with zero attached hydrogens (tertiary/aromatic N) is 5. The molecule has 0 amide bonds. The Hall–Kier alpha value is -5.17. The largest absolute Gasteiger partial charge is 0.338 e. The Balaban J connectivity index is 1.21. The minimum Gasteiger partial charge on any atom is -0.338 e. The summed E-state index contributed by atoms with van der Waals surface area (Å²) in [5.41, 5.74) is 9.62. The van der Waals surface area contributed by atoms with Crippen molar-refractivity contribution < 1.29 is 0 Å². The predicted molar refractivity (Wildman–Crippen MR) is 141 cm³/mol. The number of benzene rings is 2. The zero-order valence-corrected chi connectivity index (χ0v) is 19.1. The highest BCUT2D eigenvalue weighted by Crippen LogP contribution is 2.29. The van der Waals surface area contributed by atoms with Gasteiger partial charge >= 0.3 is 0 Å². The van der Waals surface area contributed by atoms with Crippen LogP contribution in [0.3, 0.4) is 0 Å². The van der Waals surface area contributed by atoms with Gasteiger partial charge in [-0.25, -0.2) is 9.97 Å². The summed E-state index contributed by atoms with van der Waals surface area (Å²) in [6.45, 7) is 0. The third-order valence-electron chi connectivity index (χ3n) is 6.22. The summed E-state index contributed by atoms with van der Waals surface area (Å²) in [5, 5.41) is 0. The minimum atomic E-state index is 0.785. The molecule has 0 radical (unpaired) electrons. The van der Waals surface area contributed by atoms with Crippen molar-refractivity contribution in [1.82, 2.24) is 34.9 Å². The maximum Gasteiger partial charge on any atom is 0.140 e. The lowest BCUT2D eigenvalue weighted by atomic mass is 10.0. The van der Waals surface area contributed by atoms with Crippen LogP contribution in [0.4, 0.5) is 0 Å². The first-order valence-corrected chi connectivity index (χ1v) is 11.6. The van der Waals surface area contributed by atoms with Gasteiger partial charge in [0.25, 0.3) is 0 Å². The average Bonchev–Trinajstić information content (AvgIpc) is 3.58. The molecule has 2 N–H and O–H groups in total. The van der Waals surface area contributed by atoms with E-state index in [1.54, 1.807) is 18.6 Å². The summed E-state index contributed by atoms with van der Waals surface area (Å²) < 4.78 is 0. The number of hydrogen-bond acceptors (Lipinski definition) is 5. The lowest BCUT2D eigenvalue weighted by molar-refractivity contribution is 1.23. The van der Waals surface area contributed by atoms with E-state index in [0.717, 1.165) is 67.4 Å². The monoisotopic (exact) mass is 465 g/mol. The molecular weight excluding hydrogens is 446 g/mol. The molecule has 0 saturated carbocycles. The fourth-order valence-electron chi connectivity index (χ4n) is 4.36. The highest BCUT2D eigenvalue weighted by molar-refractivity contribution is 5.88. The Labute approximate surface area is 206 Å². The number of aromatic nitrogens is 7. The molecule has 0 atom stereocenters. The first-order valence-electron chi connectivity index (χ1n) is 11.6. The fourth-order valence-corrected chi connectivity index (χ4v) is 4.36. The summed E-state index contributed by atoms with van der Waals surface area (Å²) in [6, 6.07) is 26.2. The number of fused-ring (bicyclic) bond motifs is 2. The minimum absolute atomic E-state index is 0.785. The molecule has 0 saturated heterocycles. The fraction of sp³-hybridized carbons (Fsp3) is 0. The zero-order chi connectivity index (χ0) is 23.9. The van der Waals surface area contributed by atoms with Crippen molar-refractivity contribution in [2.75, 3.05) is 0 Å². The van der Waals surface area contributed by atoms with Crippen LogP contribution in [0.5, 0.6) is 0 Å². The molecule has 0 aliphatic carbocycles. The molecular formula is C29H19N7. The lowest BCUT2D eigenvalue weighted by Gasteiger charge is -2.02. The Bertz CT molecular complexity index is 1820. The van der Waals surface area contributed by atoms with Gasteiger partial charge < -0.3 is 9.97 Å². The van der Waals surface area contributed by atoms with E-state index >= 15 is 0 Å². The Morgan fingerprint density at radius 3 is 1.75 bits per heavy atom. The van der Waals surface area contributed by atoms with Crippen molar-refractivity contribution >= 4 is 22.1 Å². The number of rotatable bonds is 4. The normalized spacial score (nSPS) is 11.3. The Kier molecular flexibility index (Phi) is 4.63. The molecule has 2 aromatic carbocycles. The van der Waals surface area contributed by atoms with Gasteiger partial charge in [-0.15, -0.1) is 0 Å². The number of nitrogens with one attached hydrogen (secondary N) is 2. The highest BCUT2D eigenvalue weighted by Gasteiger charge is 2.10. The third-order valence-corrected chi connectivity index (χ3v) is 6.22. The SMILES string of the molecule is c1ccc(-c2ccc(-c3nc4ccc(-c5ccc6nc(-c7ccncc7)[nH]c6c5)cc4[nH]3)cn2)nc1. The van der Waals surface area contributed by atoms with Crippen LogP contribution in [-0.4, -0.2) is 34.9 Å². The van der Waals surface area contributed by atoms with Crippen LogP contribution in [0.1, 0.15) is 0 Å². The van der Waals surface area contributed by atoms with E-state index in [4.69, 9.17) is 9.97 Å². The Morgan fingerprint density at radius 2 is 1.14 bits per heavy atom. The first-order chi connectivity index (χ1) is 17.8. The van der Waals surface area contributed by atoms with Gasteiger partial charge in [-0.05, 0) is 71.8 Å². The number of hydrogen-bond donors (Lipinski definition) is 2. The molecule has 170 valence electrons. The van der Waals surface area contributed by atoms with E-state index in [9.17, 15) is 0 Å². The highest BCUT2D eigenvalue weighted by atomic mass is 14.9. The standard InChI is InChI=1S/C29H19N7/c1-2-12-31-22(3-1)23-7-6-21(17-32-23)29-34-25-9-5-20(16-27(25)36-29)19-4-8-24-26(15-19)35-28(33-24)18-10-13-30-14-11-18/h1-17H,(H,33,35)(H,34,36). The number of imidazole rings is 2. The molecule has 0 fully saturated rings. The molecule has 7 aromatic rings. The van der Waals surface area contributed by atoms with Gasteiger partial charge in [-0.2, -0.15) is 0 Å². The van der Waals surface area contributed by atoms with E-state index in [1.807, 2.05) is 60.8 Å². The summed E-state index contributed by atoms with van der Waals surface area (Å²) >= 11 is 0. The van der Waals surface area contributed by atoms with Crippen molar-refractivity contribution in [2.24, 2.45) is 0 Å². The molecule has 5 aromatic heterocycles. The van der Waals surface area contributed by atoms with Crippen molar-refractivity contribution in [1.29, 1.82) is 0 Å². The summed E-state index contributed by atoms with van der Waals surface area (Å²) in [5.74, 6) is 1.62. The molecule has 7 nitrogen and oxygen atoms in total. The van der Waals surface area contributed by atoms with E-state index in [0.29, 0.717) is 0 Å². The summed E-state index contributed by atoms with van der Waals surface area (Å²) in [7, 11) is 0. The van der Waals surface area contributed by atoms with E-state index in [2.05, 4.69) is 49.2 Å². The van der Waals surface area contributed by atoms with Crippen LogP contribution in [0.2, 0.25) is 0 Å². The molecule has 7 rings (SSSR count). The van der Waals surface area contributed by atoms with Crippen molar-refractivity contribution in [2.45, 2.75) is 0 Å².